The molecule has 2 aliphatic rings. The van der Waals surface area contributed by atoms with Gasteiger partial charge in [-0.2, -0.15) is 0 Å². The minimum absolute atomic E-state index is 0.00697. The molecule has 136 valence electrons. The van der Waals surface area contributed by atoms with Crippen LogP contribution in [0.5, 0.6) is 0 Å². The van der Waals surface area contributed by atoms with E-state index in [-0.39, 0.29) is 35.8 Å². The number of hydrogen-bond acceptors (Lipinski definition) is 4. The number of carbonyl (C=O) groups excluding carboxylic acids is 2. The Labute approximate surface area is 152 Å². The van der Waals surface area contributed by atoms with Crippen LogP contribution in [0, 0.1) is 12.8 Å². The molecule has 2 unspecified atom stereocenters. The molecule has 0 saturated carbocycles. The van der Waals surface area contributed by atoms with Crippen molar-refractivity contribution in [3.05, 3.63) is 28.8 Å². The molecule has 3 rings (SSSR count). The molecule has 0 N–H and O–H groups in total. The third-order valence-corrected chi connectivity index (χ3v) is 7.27. The van der Waals surface area contributed by atoms with Crippen molar-refractivity contribution >= 4 is 38.9 Å². The zero-order valence-corrected chi connectivity index (χ0v) is 15.8. The van der Waals surface area contributed by atoms with Gasteiger partial charge in [-0.05, 0) is 31.0 Å². The predicted molar refractivity (Wildman–Crippen MR) is 96.5 cm³/mol. The average Bonchev–Trinajstić information content (AvgIpc) is 3.11. The highest BCUT2D eigenvalue weighted by atomic mass is 35.5. The topological polar surface area (TPSA) is 74.8 Å². The van der Waals surface area contributed by atoms with E-state index in [4.69, 9.17) is 11.6 Å². The summed E-state index contributed by atoms with van der Waals surface area (Å²) in [6, 6.07) is 5.06. The Balaban J connectivity index is 1.74. The van der Waals surface area contributed by atoms with Crippen molar-refractivity contribution in [2.24, 2.45) is 5.92 Å². The highest BCUT2D eigenvalue weighted by molar-refractivity contribution is 7.91. The summed E-state index contributed by atoms with van der Waals surface area (Å²) in [7, 11) is -1.43. The molecule has 0 spiro atoms. The molecule has 1 aromatic carbocycles. The molecule has 0 radical (unpaired) electrons. The van der Waals surface area contributed by atoms with E-state index in [2.05, 4.69) is 0 Å². The highest BCUT2D eigenvalue weighted by Crippen LogP contribution is 2.32. The standard InChI is InChI=1S/C17H21ClN2O4S/c1-11-14(18)4-3-5-15(11)20-9-12(8-16(20)21)17(22)19(2)13-6-7-25(23,24)10-13/h3-5,12-13H,6-10H2,1-2H3. The van der Waals surface area contributed by atoms with Crippen molar-refractivity contribution in [2.75, 3.05) is 30.0 Å². The van der Waals surface area contributed by atoms with Crippen LogP contribution in [0.4, 0.5) is 5.69 Å². The summed E-state index contributed by atoms with van der Waals surface area (Å²) in [4.78, 5) is 28.3. The largest absolute Gasteiger partial charge is 0.341 e. The molecule has 0 aromatic heterocycles. The summed E-state index contributed by atoms with van der Waals surface area (Å²) in [5, 5.41) is 0.577. The van der Waals surface area contributed by atoms with Gasteiger partial charge < -0.3 is 9.80 Å². The number of amides is 2. The van der Waals surface area contributed by atoms with Gasteiger partial charge in [-0.1, -0.05) is 17.7 Å². The van der Waals surface area contributed by atoms with Gasteiger partial charge in [0.05, 0.1) is 17.4 Å². The van der Waals surface area contributed by atoms with Crippen LogP contribution in [0.2, 0.25) is 5.02 Å². The van der Waals surface area contributed by atoms with Crippen LogP contribution in [-0.2, 0) is 19.4 Å². The van der Waals surface area contributed by atoms with Gasteiger partial charge >= 0.3 is 0 Å². The molecule has 25 heavy (non-hydrogen) atoms. The number of nitrogens with zero attached hydrogens (tertiary/aromatic N) is 2. The molecule has 2 fully saturated rings. The van der Waals surface area contributed by atoms with Crippen LogP contribution >= 0.6 is 11.6 Å². The van der Waals surface area contributed by atoms with Crippen molar-refractivity contribution in [1.29, 1.82) is 0 Å². The van der Waals surface area contributed by atoms with Crippen LogP contribution in [0.15, 0.2) is 18.2 Å². The number of hydrogen-bond donors (Lipinski definition) is 0. The van der Waals surface area contributed by atoms with Gasteiger partial charge in [0.15, 0.2) is 9.84 Å². The van der Waals surface area contributed by atoms with Gasteiger partial charge in [0.2, 0.25) is 11.8 Å². The molecule has 0 aliphatic carbocycles. The highest BCUT2D eigenvalue weighted by Gasteiger charge is 2.40. The van der Waals surface area contributed by atoms with Crippen LogP contribution in [0.3, 0.4) is 0 Å². The molecule has 6 nitrogen and oxygen atoms in total. The molecule has 8 heteroatoms. The fourth-order valence-electron chi connectivity index (χ4n) is 3.54. The van der Waals surface area contributed by atoms with Crippen molar-refractivity contribution in [3.8, 4) is 0 Å². The van der Waals surface area contributed by atoms with Crippen LogP contribution in [-0.4, -0.2) is 56.3 Å². The summed E-state index contributed by atoms with van der Waals surface area (Å²) in [6.07, 6.45) is 0.594. The van der Waals surface area contributed by atoms with Crippen molar-refractivity contribution in [3.63, 3.8) is 0 Å². The Kier molecular flexibility index (Phi) is 4.81. The van der Waals surface area contributed by atoms with E-state index < -0.39 is 15.8 Å². The lowest BCUT2D eigenvalue weighted by Gasteiger charge is -2.26. The van der Waals surface area contributed by atoms with E-state index in [0.717, 1.165) is 11.3 Å². The molecule has 2 atom stereocenters. The van der Waals surface area contributed by atoms with Crippen molar-refractivity contribution < 1.29 is 18.0 Å². The molecular weight excluding hydrogens is 364 g/mol. The monoisotopic (exact) mass is 384 g/mol. The third-order valence-electron chi connectivity index (χ3n) is 5.11. The van der Waals surface area contributed by atoms with E-state index in [1.165, 1.54) is 4.90 Å². The Morgan fingerprint density at radius 2 is 2.08 bits per heavy atom. The number of sulfone groups is 1. The first-order valence-electron chi connectivity index (χ1n) is 8.22. The van der Waals surface area contributed by atoms with Crippen molar-refractivity contribution in [1.82, 2.24) is 4.90 Å². The van der Waals surface area contributed by atoms with E-state index in [1.807, 2.05) is 13.0 Å². The third kappa shape index (κ3) is 3.53. The van der Waals surface area contributed by atoms with Gasteiger partial charge in [0.25, 0.3) is 0 Å². The summed E-state index contributed by atoms with van der Waals surface area (Å²) < 4.78 is 23.3. The van der Waals surface area contributed by atoms with E-state index in [9.17, 15) is 18.0 Å². The second-order valence-corrected chi connectivity index (χ2v) is 9.43. The van der Waals surface area contributed by atoms with Gasteiger partial charge in [0.1, 0.15) is 0 Å². The van der Waals surface area contributed by atoms with Gasteiger partial charge in [-0.3, -0.25) is 9.59 Å². The first-order chi connectivity index (χ1) is 11.7. The smallest absolute Gasteiger partial charge is 0.228 e. The van der Waals surface area contributed by atoms with Gasteiger partial charge in [-0.25, -0.2) is 8.42 Å². The number of halogens is 1. The quantitative estimate of drug-likeness (QED) is 0.794. The molecule has 2 aliphatic heterocycles. The summed E-state index contributed by atoms with van der Waals surface area (Å²) in [6.45, 7) is 2.14. The van der Waals surface area contributed by atoms with Gasteiger partial charge in [-0.15, -0.1) is 0 Å². The number of benzene rings is 1. The Bertz CT molecular complexity index is 824. The fraction of sp³-hybridized carbons (Fsp3) is 0.529. The SMILES string of the molecule is Cc1c(Cl)cccc1N1CC(C(=O)N(C)C2CCS(=O)(=O)C2)CC1=O. The molecule has 2 heterocycles. The minimum atomic E-state index is -3.06. The Hall–Kier alpha value is -1.60. The zero-order valence-electron chi connectivity index (χ0n) is 14.2. The maximum absolute atomic E-state index is 12.7. The summed E-state index contributed by atoms with van der Waals surface area (Å²) in [5.41, 5.74) is 1.53. The number of carbonyl (C=O) groups is 2. The van der Waals surface area contributed by atoms with E-state index in [0.29, 0.717) is 18.0 Å². The molecule has 2 saturated heterocycles. The van der Waals surface area contributed by atoms with E-state index >= 15 is 0 Å². The lowest BCUT2D eigenvalue weighted by molar-refractivity contribution is -0.136. The lowest BCUT2D eigenvalue weighted by atomic mass is 10.1. The summed E-state index contributed by atoms with van der Waals surface area (Å²) >= 11 is 6.13. The molecule has 1 aromatic rings. The first kappa shape index (κ1) is 18.2. The first-order valence-corrected chi connectivity index (χ1v) is 10.4. The van der Waals surface area contributed by atoms with Crippen LogP contribution < -0.4 is 4.90 Å². The maximum atomic E-state index is 12.7. The number of rotatable bonds is 3. The van der Waals surface area contributed by atoms with Crippen LogP contribution in [0.1, 0.15) is 18.4 Å². The molecular formula is C17H21ClN2O4S. The summed E-state index contributed by atoms with van der Waals surface area (Å²) in [5.74, 6) is -0.618. The maximum Gasteiger partial charge on any atom is 0.228 e. The van der Waals surface area contributed by atoms with Crippen LogP contribution in [0.25, 0.3) is 0 Å². The Morgan fingerprint density at radius 3 is 2.72 bits per heavy atom. The zero-order chi connectivity index (χ0) is 18.4. The van der Waals surface area contributed by atoms with Gasteiger partial charge in [0, 0.05) is 36.8 Å². The Morgan fingerprint density at radius 1 is 1.36 bits per heavy atom. The predicted octanol–water partition coefficient (Wildman–Crippen LogP) is 1.65. The second kappa shape index (κ2) is 6.61. The lowest BCUT2D eigenvalue weighted by Crippen LogP contribution is -2.42. The normalized spacial score (nSPS) is 25.4. The second-order valence-electron chi connectivity index (χ2n) is 6.80. The molecule has 0 bridgehead atoms. The fourth-order valence-corrected chi connectivity index (χ4v) is 5.49. The minimum Gasteiger partial charge on any atom is -0.341 e. The molecule has 2 amide bonds. The number of anilines is 1. The average molecular weight is 385 g/mol. The van der Waals surface area contributed by atoms with E-state index in [1.54, 1.807) is 24.1 Å². The van der Waals surface area contributed by atoms with Crippen molar-refractivity contribution in [2.45, 2.75) is 25.8 Å².